The van der Waals surface area contributed by atoms with Gasteiger partial charge in [0, 0.05) is 33.9 Å². The van der Waals surface area contributed by atoms with Gasteiger partial charge >= 0.3 is 0 Å². The quantitative estimate of drug-likeness (QED) is 0.869. The van der Waals surface area contributed by atoms with Gasteiger partial charge in [0.25, 0.3) is 5.91 Å². The summed E-state index contributed by atoms with van der Waals surface area (Å²) in [5, 5.41) is 2.92. The van der Waals surface area contributed by atoms with Crippen LogP contribution in [0.2, 0.25) is 0 Å². The lowest BCUT2D eigenvalue weighted by Gasteiger charge is -2.18. The first kappa shape index (κ1) is 15.4. The number of hydrogen-bond acceptors (Lipinski definition) is 2. The van der Waals surface area contributed by atoms with Crippen molar-refractivity contribution >= 4 is 39.1 Å². The Labute approximate surface area is 149 Å². The molecule has 2 aromatic rings. The van der Waals surface area contributed by atoms with Crippen LogP contribution in [0, 0.1) is 5.92 Å². The Morgan fingerprint density at radius 2 is 1.83 bits per heavy atom. The minimum absolute atomic E-state index is 0.152. The standard InChI is InChI=1S/C19H17BrN2O2/c20-15-6-3-13(4-7-15)18(23)21-16-8-5-12-9-10-22(17(12)11-16)19(24)14-1-2-14/h3-8,11,14H,1-2,9-10H2,(H,21,23). The molecule has 1 saturated carbocycles. The van der Waals surface area contributed by atoms with Crippen molar-refractivity contribution in [3.05, 3.63) is 58.1 Å². The maximum absolute atomic E-state index is 12.4. The summed E-state index contributed by atoms with van der Waals surface area (Å²) in [6.07, 6.45) is 2.89. The molecular weight excluding hydrogens is 368 g/mol. The summed E-state index contributed by atoms with van der Waals surface area (Å²) in [5.74, 6) is 0.280. The summed E-state index contributed by atoms with van der Waals surface area (Å²) in [5.41, 5.74) is 3.44. The molecule has 0 aromatic heterocycles. The van der Waals surface area contributed by atoms with Gasteiger partial charge in [-0.15, -0.1) is 0 Å². The molecule has 0 atom stereocenters. The van der Waals surface area contributed by atoms with Crippen molar-refractivity contribution in [3.63, 3.8) is 0 Å². The smallest absolute Gasteiger partial charge is 0.255 e. The number of carbonyl (C=O) groups is 2. The molecule has 0 spiro atoms. The molecule has 2 amide bonds. The number of nitrogens with one attached hydrogen (secondary N) is 1. The highest BCUT2D eigenvalue weighted by Gasteiger charge is 2.36. The molecule has 2 aliphatic rings. The molecular formula is C19H17BrN2O2. The molecule has 1 aliphatic heterocycles. The highest BCUT2D eigenvalue weighted by atomic mass is 79.9. The zero-order valence-corrected chi connectivity index (χ0v) is 14.7. The van der Waals surface area contributed by atoms with E-state index in [-0.39, 0.29) is 17.7 Å². The van der Waals surface area contributed by atoms with E-state index in [0.717, 1.165) is 41.7 Å². The van der Waals surface area contributed by atoms with Gasteiger partial charge in [-0.05, 0) is 61.2 Å². The number of nitrogens with zero attached hydrogens (tertiary/aromatic N) is 1. The lowest BCUT2D eigenvalue weighted by atomic mass is 10.1. The summed E-state index contributed by atoms with van der Waals surface area (Å²) in [6, 6.07) is 13.1. The Kier molecular flexibility index (Phi) is 3.88. The van der Waals surface area contributed by atoms with Crippen LogP contribution in [0.1, 0.15) is 28.8 Å². The molecule has 4 nitrogen and oxygen atoms in total. The summed E-state index contributed by atoms with van der Waals surface area (Å²) < 4.78 is 0.936. The SMILES string of the molecule is O=C(Nc1ccc2c(c1)N(C(=O)C1CC1)CC2)c1ccc(Br)cc1. The molecule has 24 heavy (non-hydrogen) atoms. The van der Waals surface area contributed by atoms with E-state index in [0.29, 0.717) is 5.56 Å². The highest BCUT2D eigenvalue weighted by Crippen LogP contribution is 2.37. The molecule has 1 N–H and O–H groups in total. The second-order valence-electron chi connectivity index (χ2n) is 6.32. The molecule has 5 heteroatoms. The largest absolute Gasteiger partial charge is 0.322 e. The Morgan fingerprint density at radius 3 is 2.54 bits per heavy atom. The van der Waals surface area contributed by atoms with Gasteiger partial charge in [-0.1, -0.05) is 22.0 Å². The topological polar surface area (TPSA) is 49.4 Å². The normalized spacial score (nSPS) is 16.0. The second kappa shape index (κ2) is 6.06. The van der Waals surface area contributed by atoms with Crippen molar-refractivity contribution in [1.82, 2.24) is 0 Å². The lowest BCUT2D eigenvalue weighted by molar-refractivity contribution is -0.119. The predicted octanol–water partition coefficient (Wildman–Crippen LogP) is 4.00. The van der Waals surface area contributed by atoms with Gasteiger partial charge in [0.05, 0.1) is 0 Å². The number of hydrogen-bond donors (Lipinski definition) is 1. The summed E-state index contributed by atoms with van der Waals surface area (Å²) >= 11 is 3.36. The third-order valence-corrected chi connectivity index (χ3v) is 5.07. The zero-order valence-electron chi connectivity index (χ0n) is 13.1. The molecule has 122 valence electrons. The van der Waals surface area contributed by atoms with E-state index in [1.807, 2.05) is 35.2 Å². The van der Waals surface area contributed by atoms with Crippen molar-refractivity contribution in [1.29, 1.82) is 0 Å². The van der Waals surface area contributed by atoms with E-state index >= 15 is 0 Å². The van der Waals surface area contributed by atoms with Gasteiger partial charge in [0.2, 0.25) is 5.91 Å². The number of benzene rings is 2. The molecule has 1 heterocycles. The summed E-state index contributed by atoms with van der Waals surface area (Å²) in [7, 11) is 0. The van der Waals surface area contributed by atoms with Crippen LogP contribution < -0.4 is 10.2 Å². The molecule has 1 fully saturated rings. The van der Waals surface area contributed by atoms with Gasteiger partial charge in [-0.3, -0.25) is 9.59 Å². The van der Waals surface area contributed by atoms with E-state index in [9.17, 15) is 9.59 Å². The summed E-state index contributed by atoms with van der Waals surface area (Å²) in [4.78, 5) is 26.6. The van der Waals surface area contributed by atoms with Crippen LogP contribution in [-0.2, 0) is 11.2 Å². The number of amides is 2. The van der Waals surface area contributed by atoms with E-state index in [4.69, 9.17) is 0 Å². The molecule has 4 rings (SSSR count). The van der Waals surface area contributed by atoms with Gasteiger partial charge in [0.15, 0.2) is 0 Å². The Morgan fingerprint density at radius 1 is 1.08 bits per heavy atom. The van der Waals surface area contributed by atoms with Gasteiger partial charge in [0.1, 0.15) is 0 Å². The fraction of sp³-hybridized carbons (Fsp3) is 0.263. The van der Waals surface area contributed by atoms with Crippen LogP contribution >= 0.6 is 15.9 Å². The first-order chi connectivity index (χ1) is 11.6. The fourth-order valence-corrected chi connectivity index (χ4v) is 3.31. The molecule has 0 saturated heterocycles. The van der Waals surface area contributed by atoms with Crippen LogP contribution in [0.4, 0.5) is 11.4 Å². The van der Waals surface area contributed by atoms with Crippen LogP contribution in [0.15, 0.2) is 46.9 Å². The predicted molar refractivity (Wildman–Crippen MR) is 97.3 cm³/mol. The number of rotatable bonds is 3. The third-order valence-electron chi connectivity index (χ3n) is 4.54. The minimum Gasteiger partial charge on any atom is -0.322 e. The molecule has 0 unspecified atom stereocenters. The average molecular weight is 385 g/mol. The van der Waals surface area contributed by atoms with Crippen molar-refractivity contribution in [2.75, 3.05) is 16.8 Å². The average Bonchev–Trinajstić information content (AvgIpc) is 3.35. The molecule has 2 aromatic carbocycles. The summed E-state index contributed by atoms with van der Waals surface area (Å²) in [6.45, 7) is 0.745. The van der Waals surface area contributed by atoms with Gasteiger partial charge in [-0.2, -0.15) is 0 Å². The van der Waals surface area contributed by atoms with E-state index in [2.05, 4.69) is 21.2 Å². The molecule has 0 bridgehead atoms. The minimum atomic E-state index is -0.152. The maximum atomic E-state index is 12.4. The fourth-order valence-electron chi connectivity index (χ4n) is 3.04. The van der Waals surface area contributed by atoms with Crippen LogP contribution in [-0.4, -0.2) is 18.4 Å². The number of anilines is 2. The second-order valence-corrected chi connectivity index (χ2v) is 7.23. The van der Waals surface area contributed by atoms with E-state index < -0.39 is 0 Å². The van der Waals surface area contributed by atoms with Crippen molar-refractivity contribution in [3.8, 4) is 0 Å². The Bertz CT molecular complexity index is 813. The third kappa shape index (κ3) is 2.96. The van der Waals surface area contributed by atoms with E-state index in [1.165, 1.54) is 5.56 Å². The first-order valence-corrected chi connectivity index (χ1v) is 8.92. The Balaban J connectivity index is 1.54. The molecule has 1 aliphatic carbocycles. The number of fused-ring (bicyclic) bond motifs is 1. The van der Waals surface area contributed by atoms with E-state index in [1.54, 1.807) is 12.1 Å². The monoisotopic (exact) mass is 384 g/mol. The number of carbonyl (C=O) groups excluding carboxylic acids is 2. The van der Waals surface area contributed by atoms with Crippen LogP contribution in [0.25, 0.3) is 0 Å². The number of halogens is 1. The lowest BCUT2D eigenvalue weighted by Crippen LogP contribution is -2.30. The van der Waals surface area contributed by atoms with Crippen LogP contribution in [0.5, 0.6) is 0 Å². The molecule has 0 radical (unpaired) electrons. The highest BCUT2D eigenvalue weighted by molar-refractivity contribution is 9.10. The van der Waals surface area contributed by atoms with Crippen molar-refractivity contribution in [2.45, 2.75) is 19.3 Å². The van der Waals surface area contributed by atoms with Crippen LogP contribution in [0.3, 0.4) is 0 Å². The van der Waals surface area contributed by atoms with Gasteiger partial charge < -0.3 is 10.2 Å². The maximum Gasteiger partial charge on any atom is 0.255 e. The first-order valence-electron chi connectivity index (χ1n) is 8.13. The Hall–Kier alpha value is -2.14. The van der Waals surface area contributed by atoms with Crippen molar-refractivity contribution in [2.24, 2.45) is 5.92 Å². The zero-order chi connectivity index (χ0) is 16.7. The van der Waals surface area contributed by atoms with Crippen molar-refractivity contribution < 1.29 is 9.59 Å². The van der Waals surface area contributed by atoms with Gasteiger partial charge in [-0.25, -0.2) is 0 Å².